The molecular weight excluding hydrogens is 484 g/mol. The van der Waals surface area contributed by atoms with E-state index in [2.05, 4.69) is 5.32 Å². The molecule has 35 heavy (non-hydrogen) atoms. The van der Waals surface area contributed by atoms with E-state index in [0.717, 1.165) is 9.87 Å². The fraction of sp³-hybridized carbons (Fsp3) is 0.0741. The first-order valence-corrected chi connectivity index (χ1v) is 12.6. The van der Waals surface area contributed by atoms with Crippen molar-refractivity contribution >= 4 is 33.3 Å². The number of nitrogens with one attached hydrogen (secondary N) is 1. The van der Waals surface area contributed by atoms with Crippen LogP contribution in [0.5, 0.6) is 5.75 Å². The van der Waals surface area contributed by atoms with Gasteiger partial charge in [0.05, 0.1) is 11.4 Å². The Morgan fingerprint density at radius 1 is 0.771 bits per heavy atom. The summed E-state index contributed by atoms with van der Waals surface area (Å²) >= 11 is 5.91. The van der Waals surface area contributed by atoms with Crippen molar-refractivity contribution in [1.82, 2.24) is 4.31 Å². The molecule has 0 aliphatic heterocycles. The lowest BCUT2D eigenvalue weighted by molar-refractivity contribution is 0.234. The van der Waals surface area contributed by atoms with E-state index in [1.807, 2.05) is 36.4 Å². The zero-order valence-corrected chi connectivity index (χ0v) is 20.2. The maximum atomic E-state index is 13.4. The number of urea groups is 1. The Morgan fingerprint density at radius 2 is 1.34 bits per heavy atom. The van der Waals surface area contributed by atoms with Crippen LogP contribution in [0.2, 0.25) is 5.02 Å². The third kappa shape index (κ3) is 6.41. The van der Waals surface area contributed by atoms with Crippen molar-refractivity contribution in [2.75, 3.05) is 5.32 Å². The van der Waals surface area contributed by atoms with Crippen molar-refractivity contribution in [2.45, 2.75) is 18.0 Å². The molecule has 0 aliphatic rings. The Bertz CT molecular complexity index is 1360. The van der Waals surface area contributed by atoms with Crippen molar-refractivity contribution in [3.05, 3.63) is 125 Å². The summed E-state index contributed by atoms with van der Waals surface area (Å²) in [6.07, 6.45) is 0. The number of halogens is 1. The molecule has 0 heterocycles. The van der Waals surface area contributed by atoms with Gasteiger partial charge in [-0.15, -0.1) is 0 Å². The van der Waals surface area contributed by atoms with Gasteiger partial charge in [0.2, 0.25) is 0 Å². The average molecular weight is 507 g/mol. The molecule has 0 radical (unpaired) electrons. The molecule has 4 aromatic carbocycles. The zero-order chi connectivity index (χ0) is 24.7. The normalized spacial score (nSPS) is 11.0. The van der Waals surface area contributed by atoms with E-state index in [1.165, 1.54) is 24.3 Å². The number of anilines is 1. The molecule has 1 N–H and O–H groups in total. The number of hydrogen-bond acceptors (Lipinski definition) is 4. The lowest BCUT2D eigenvalue weighted by Crippen LogP contribution is -2.39. The number of rotatable bonds is 8. The van der Waals surface area contributed by atoms with Crippen LogP contribution in [0.1, 0.15) is 11.1 Å². The van der Waals surface area contributed by atoms with Crippen LogP contribution in [0.25, 0.3) is 0 Å². The Labute approximate surface area is 209 Å². The molecule has 4 rings (SSSR count). The molecular formula is C27H23ClN2O4S. The summed E-state index contributed by atoms with van der Waals surface area (Å²) in [4.78, 5) is 13.1. The van der Waals surface area contributed by atoms with Gasteiger partial charge in [-0.25, -0.2) is 17.5 Å². The second kappa shape index (κ2) is 11.1. The minimum atomic E-state index is -4.14. The maximum Gasteiger partial charge on any atom is 0.336 e. The largest absolute Gasteiger partial charge is 0.489 e. The average Bonchev–Trinajstić information content (AvgIpc) is 2.88. The number of ether oxygens (including phenoxy) is 1. The highest BCUT2D eigenvalue weighted by atomic mass is 35.5. The molecule has 0 saturated heterocycles. The van der Waals surface area contributed by atoms with Gasteiger partial charge in [-0.3, -0.25) is 0 Å². The molecule has 2 amide bonds. The fourth-order valence-electron chi connectivity index (χ4n) is 3.31. The second-order valence-electron chi connectivity index (χ2n) is 7.68. The van der Waals surface area contributed by atoms with Crippen LogP contribution in [0.3, 0.4) is 0 Å². The smallest absolute Gasteiger partial charge is 0.336 e. The van der Waals surface area contributed by atoms with Crippen LogP contribution in [0.15, 0.2) is 114 Å². The molecule has 178 valence electrons. The first kappa shape index (κ1) is 24.3. The van der Waals surface area contributed by atoms with Crippen LogP contribution in [0.4, 0.5) is 10.5 Å². The van der Waals surface area contributed by atoms with Crippen molar-refractivity contribution in [3.63, 3.8) is 0 Å². The van der Waals surface area contributed by atoms with E-state index in [0.29, 0.717) is 28.6 Å². The Morgan fingerprint density at radius 3 is 1.94 bits per heavy atom. The van der Waals surface area contributed by atoms with Crippen molar-refractivity contribution in [3.8, 4) is 5.75 Å². The highest BCUT2D eigenvalue weighted by Gasteiger charge is 2.29. The second-order valence-corrected chi connectivity index (χ2v) is 9.98. The van der Waals surface area contributed by atoms with Crippen LogP contribution in [-0.4, -0.2) is 18.8 Å². The highest BCUT2D eigenvalue weighted by Crippen LogP contribution is 2.23. The number of sulfonamides is 1. The number of benzene rings is 4. The lowest BCUT2D eigenvalue weighted by Gasteiger charge is -2.23. The molecule has 0 spiro atoms. The number of carbonyl (C=O) groups excluding carboxylic acids is 1. The molecule has 0 saturated carbocycles. The highest BCUT2D eigenvalue weighted by molar-refractivity contribution is 7.89. The number of carbonyl (C=O) groups is 1. The predicted octanol–water partition coefficient (Wildman–Crippen LogP) is 6.34. The minimum Gasteiger partial charge on any atom is -0.489 e. The number of hydrogen-bond donors (Lipinski definition) is 1. The minimum absolute atomic E-state index is 0.0300. The molecule has 4 aromatic rings. The van der Waals surface area contributed by atoms with Crippen LogP contribution in [0, 0.1) is 0 Å². The standard InChI is InChI=1S/C27H23ClN2O4S/c28-23-11-17-26(18-12-23)35(32,33)30(19-21-7-3-1-4-8-21)27(31)29-24-13-15-25(16-14-24)34-20-22-9-5-2-6-10-22/h1-18H,19-20H2,(H,29,31). The van der Waals surface area contributed by atoms with Gasteiger partial charge >= 0.3 is 6.03 Å². The van der Waals surface area contributed by atoms with Crippen molar-refractivity contribution < 1.29 is 17.9 Å². The van der Waals surface area contributed by atoms with Gasteiger partial charge in [0, 0.05) is 10.7 Å². The first-order chi connectivity index (χ1) is 16.9. The summed E-state index contributed by atoms with van der Waals surface area (Å²) in [5.74, 6) is 0.627. The van der Waals surface area contributed by atoms with E-state index >= 15 is 0 Å². The molecule has 0 fully saturated rings. The molecule has 8 heteroatoms. The van der Waals surface area contributed by atoms with Gasteiger partial charge in [-0.2, -0.15) is 0 Å². The third-order valence-electron chi connectivity index (χ3n) is 5.15. The fourth-order valence-corrected chi connectivity index (χ4v) is 4.75. The molecule has 0 atom stereocenters. The van der Waals surface area contributed by atoms with E-state index in [9.17, 15) is 13.2 Å². The van der Waals surface area contributed by atoms with Crippen LogP contribution < -0.4 is 10.1 Å². The molecule has 0 bridgehead atoms. The van der Waals surface area contributed by atoms with E-state index in [-0.39, 0.29) is 11.4 Å². The third-order valence-corrected chi connectivity index (χ3v) is 7.15. The Balaban J connectivity index is 1.51. The van der Waals surface area contributed by atoms with Gasteiger partial charge < -0.3 is 10.1 Å². The Hall–Kier alpha value is -3.81. The summed E-state index contributed by atoms with van der Waals surface area (Å²) < 4.78 is 33.3. The van der Waals surface area contributed by atoms with E-state index < -0.39 is 16.1 Å². The maximum absolute atomic E-state index is 13.4. The summed E-state index contributed by atoms with van der Waals surface area (Å²) in [7, 11) is -4.14. The summed E-state index contributed by atoms with van der Waals surface area (Å²) in [5.41, 5.74) is 2.14. The molecule has 0 unspecified atom stereocenters. The summed E-state index contributed by atoms with van der Waals surface area (Å²) in [5, 5.41) is 3.08. The predicted molar refractivity (Wildman–Crippen MR) is 137 cm³/mol. The Kier molecular flexibility index (Phi) is 7.70. The molecule has 6 nitrogen and oxygen atoms in total. The van der Waals surface area contributed by atoms with E-state index in [1.54, 1.807) is 48.5 Å². The zero-order valence-electron chi connectivity index (χ0n) is 18.7. The number of amides is 2. The van der Waals surface area contributed by atoms with Crippen molar-refractivity contribution in [2.24, 2.45) is 0 Å². The van der Waals surface area contributed by atoms with Gasteiger partial charge in [-0.05, 0) is 59.7 Å². The van der Waals surface area contributed by atoms with Gasteiger partial charge in [0.1, 0.15) is 12.4 Å². The van der Waals surface area contributed by atoms with Gasteiger partial charge in [0.15, 0.2) is 0 Å². The number of nitrogens with zero attached hydrogens (tertiary/aromatic N) is 1. The van der Waals surface area contributed by atoms with E-state index in [4.69, 9.17) is 16.3 Å². The SMILES string of the molecule is O=C(Nc1ccc(OCc2ccccc2)cc1)N(Cc1ccccc1)S(=O)(=O)c1ccc(Cl)cc1. The quantitative estimate of drug-likeness (QED) is 0.302. The van der Waals surface area contributed by atoms with Crippen LogP contribution >= 0.6 is 11.6 Å². The molecule has 0 aliphatic carbocycles. The van der Waals surface area contributed by atoms with Crippen LogP contribution in [-0.2, 0) is 23.2 Å². The summed E-state index contributed by atoms with van der Waals surface area (Å²) in [6.45, 7) is 0.284. The first-order valence-electron chi connectivity index (χ1n) is 10.8. The summed E-state index contributed by atoms with van der Waals surface area (Å²) in [6, 6.07) is 30.4. The van der Waals surface area contributed by atoms with Crippen molar-refractivity contribution in [1.29, 1.82) is 0 Å². The lowest BCUT2D eigenvalue weighted by atomic mass is 10.2. The monoisotopic (exact) mass is 506 g/mol. The molecule has 0 aromatic heterocycles. The topological polar surface area (TPSA) is 75.7 Å². The van der Waals surface area contributed by atoms with Gasteiger partial charge in [-0.1, -0.05) is 72.3 Å². The van der Waals surface area contributed by atoms with Gasteiger partial charge in [0.25, 0.3) is 10.0 Å².